The van der Waals surface area contributed by atoms with Gasteiger partial charge < -0.3 is 29.2 Å². The van der Waals surface area contributed by atoms with Crippen LogP contribution in [0.25, 0.3) is 0 Å². The molecule has 13 heteroatoms. The molecule has 3 N–H and O–H groups in total. The predicted octanol–water partition coefficient (Wildman–Crippen LogP) is 3.72. The lowest BCUT2D eigenvalue weighted by Crippen LogP contribution is -2.83. The summed E-state index contributed by atoms with van der Waals surface area (Å²) in [4.78, 5) is 16.7. The fourth-order valence-corrected chi connectivity index (χ4v) is 13.9. The van der Waals surface area contributed by atoms with Gasteiger partial charge in [-0.2, -0.15) is 0 Å². The van der Waals surface area contributed by atoms with Gasteiger partial charge in [0.2, 0.25) is 0 Å². The lowest BCUT2D eigenvalue weighted by molar-refractivity contribution is -0.337. The Bertz CT molecular complexity index is 1780. The Morgan fingerprint density at radius 1 is 1.02 bits per heavy atom. The van der Waals surface area contributed by atoms with Gasteiger partial charge in [0.05, 0.1) is 34.6 Å². The van der Waals surface area contributed by atoms with Crippen LogP contribution in [0.1, 0.15) is 49.4 Å². The van der Waals surface area contributed by atoms with E-state index in [1.807, 2.05) is 0 Å². The molecule has 12 atom stereocenters. The molecule has 5 saturated carbocycles. The standard InChI is InChI=1S/C36H45ClN2O9S/c1-5-39-19-33(48-32(40)20-10-6-8-12-24(20)38-49(43,44)26-13-9-7-11-23(26)37)15-14-29(46-3)35-27(33)17-22(30(35)39)34(41)18-25(45-2)21-16-28(35)36(34,42)31(21)47-4/h6-13,21-22,25,27-31,38,41-42H,5,14-19H2,1-4H3/t21-,22+,25+,27-,28+,29+,30?,31+,33-,34+,35+,36+/m1/s1. The molecular formula is C36H45ClN2O9S. The van der Waals surface area contributed by atoms with Crippen molar-refractivity contribution in [2.24, 2.45) is 29.1 Å². The SMILES string of the molecule is CCN1C[C@]2(OC(=O)c3ccccc3NS(=O)(=O)c3ccccc3Cl)CC[C@H](OC)[C@]34C1[C@H](C[C@H]23)[C@@]1(O)C[C@H](OC)[C@H]2C[C@@H]4[C@]1(O)[C@H]2OC. The number of halogens is 1. The van der Waals surface area contributed by atoms with Gasteiger partial charge in [0.25, 0.3) is 10.0 Å². The second-order valence-corrected chi connectivity index (χ2v) is 17.1. The number of piperidine rings is 1. The van der Waals surface area contributed by atoms with Crippen molar-refractivity contribution >= 4 is 33.3 Å². The molecule has 2 aromatic carbocycles. The van der Waals surface area contributed by atoms with Crippen LogP contribution in [-0.2, 0) is 29.0 Å². The zero-order valence-corrected chi connectivity index (χ0v) is 29.7. The highest BCUT2D eigenvalue weighted by Gasteiger charge is 2.89. The number of carbonyl (C=O) groups is 1. The number of nitrogens with one attached hydrogen (secondary N) is 1. The number of aliphatic hydroxyl groups is 2. The average Bonchev–Trinajstić information content (AvgIpc) is 3.51. The minimum atomic E-state index is -4.13. The van der Waals surface area contributed by atoms with E-state index >= 15 is 0 Å². The van der Waals surface area contributed by atoms with Gasteiger partial charge in [-0.3, -0.25) is 9.62 Å². The summed E-state index contributed by atoms with van der Waals surface area (Å²) in [5, 5.41) is 25.9. The van der Waals surface area contributed by atoms with Crippen molar-refractivity contribution in [1.82, 2.24) is 4.90 Å². The molecule has 1 aliphatic heterocycles. The number of sulfonamides is 1. The molecule has 0 amide bonds. The summed E-state index contributed by atoms with van der Waals surface area (Å²) >= 11 is 6.23. The van der Waals surface area contributed by atoms with Crippen LogP contribution in [0.15, 0.2) is 53.4 Å². The van der Waals surface area contributed by atoms with Crippen LogP contribution in [0.2, 0.25) is 5.02 Å². The molecular weight excluding hydrogens is 672 g/mol. The number of nitrogens with zero attached hydrogens (tertiary/aromatic N) is 1. The van der Waals surface area contributed by atoms with Gasteiger partial charge in [-0.15, -0.1) is 0 Å². The van der Waals surface area contributed by atoms with E-state index in [0.29, 0.717) is 45.2 Å². The highest BCUT2D eigenvalue weighted by molar-refractivity contribution is 7.92. The number of esters is 1. The third kappa shape index (κ3) is 4.17. The molecule has 8 rings (SSSR count). The summed E-state index contributed by atoms with van der Waals surface area (Å²) in [6, 6.07) is 12.4. The van der Waals surface area contributed by atoms with Crippen LogP contribution in [0.3, 0.4) is 0 Å². The number of hydrogen-bond acceptors (Lipinski definition) is 10. The zero-order chi connectivity index (χ0) is 34.7. The number of anilines is 1. The smallest absolute Gasteiger partial charge is 0.340 e. The number of ether oxygens (including phenoxy) is 4. The first kappa shape index (κ1) is 33.8. The number of hydrogen-bond donors (Lipinski definition) is 3. The minimum Gasteiger partial charge on any atom is -0.454 e. The number of methoxy groups -OCH3 is 3. The molecule has 2 aromatic rings. The second-order valence-electron chi connectivity index (χ2n) is 15.0. The molecule has 11 nitrogen and oxygen atoms in total. The highest BCUT2D eigenvalue weighted by atomic mass is 35.5. The average molecular weight is 717 g/mol. The first-order chi connectivity index (χ1) is 23.4. The first-order valence-corrected chi connectivity index (χ1v) is 19.1. The highest BCUT2D eigenvalue weighted by Crippen LogP contribution is 2.79. The first-order valence-electron chi connectivity index (χ1n) is 17.2. The van der Waals surface area contributed by atoms with Crippen molar-refractivity contribution in [1.29, 1.82) is 0 Å². The zero-order valence-electron chi connectivity index (χ0n) is 28.2. The van der Waals surface area contributed by atoms with E-state index in [-0.39, 0.29) is 57.2 Å². The van der Waals surface area contributed by atoms with E-state index < -0.39 is 50.2 Å². The van der Waals surface area contributed by atoms with Crippen LogP contribution in [-0.4, -0.2) is 105 Å². The maximum absolute atomic E-state index is 14.4. The fourth-order valence-electron chi connectivity index (χ4n) is 12.3. The van der Waals surface area contributed by atoms with E-state index in [4.69, 9.17) is 30.5 Å². The second kappa shape index (κ2) is 11.4. The number of carbonyl (C=O) groups excluding carboxylic acids is 1. The van der Waals surface area contributed by atoms with Gasteiger partial charge in [-0.1, -0.05) is 42.8 Å². The lowest BCUT2D eigenvalue weighted by Gasteiger charge is -2.70. The maximum atomic E-state index is 14.4. The number of para-hydroxylation sites is 1. The Kier molecular flexibility index (Phi) is 7.84. The normalized spacial score (nSPS) is 43.3. The van der Waals surface area contributed by atoms with Crippen molar-refractivity contribution in [3.63, 3.8) is 0 Å². The Morgan fingerprint density at radius 3 is 2.45 bits per heavy atom. The minimum absolute atomic E-state index is 0.0627. The third-order valence-corrected chi connectivity index (χ3v) is 15.6. The van der Waals surface area contributed by atoms with Gasteiger partial charge in [0.1, 0.15) is 21.7 Å². The van der Waals surface area contributed by atoms with Crippen LogP contribution in [0.4, 0.5) is 5.69 Å². The Balaban J connectivity index is 1.21. The molecule has 1 unspecified atom stereocenters. The predicted molar refractivity (Wildman–Crippen MR) is 180 cm³/mol. The van der Waals surface area contributed by atoms with Crippen molar-refractivity contribution in [3.8, 4) is 0 Å². The maximum Gasteiger partial charge on any atom is 0.340 e. The van der Waals surface area contributed by atoms with Crippen molar-refractivity contribution in [3.05, 3.63) is 59.1 Å². The number of likely N-dealkylation sites (tertiary alicyclic amines) is 1. The third-order valence-electron chi connectivity index (χ3n) is 13.7. The summed E-state index contributed by atoms with van der Waals surface area (Å²) in [7, 11) is 0.849. The molecule has 266 valence electrons. The molecule has 6 fully saturated rings. The van der Waals surface area contributed by atoms with Gasteiger partial charge in [-0.25, -0.2) is 13.2 Å². The van der Waals surface area contributed by atoms with Crippen LogP contribution in [0, 0.1) is 29.1 Å². The van der Waals surface area contributed by atoms with E-state index in [9.17, 15) is 23.4 Å². The van der Waals surface area contributed by atoms with Crippen LogP contribution >= 0.6 is 11.6 Å². The van der Waals surface area contributed by atoms with E-state index in [1.54, 1.807) is 51.7 Å². The quantitative estimate of drug-likeness (QED) is 0.329. The fraction of sp³-hybridized carbons (Fsp3) is 0.639. The molecule has 1 saturated heterocycles. The lowest BCUT2D eigenvalue weighted by atomic mass is 9.44. The molecule has 1 heterocycles. The monoisotopic (exact) mass is 716 g/mol. The molecule has 6 aliphatic rings. The number of likely N-dealkylation sites (N-methyl/N-ethyl adjacent to an activating group) is 1. The van der Waals surface area contributed by atoms with Crippen molar-refractivity contribution < 1.29 is 42.4 Å². The Labute approximate surface area is 292 Å². The molecule has 0 radical (unpaired) electrons. The Hall–Kier alpha value is -2.29. The topological polar surface area (TPSA) is 144 Å². The molecule has 0 aromatic heterocycles. The van der Waals surface area contributed by atoms with Gasteiger partial charge in [0, 0.05) is 69.4 Å². The summed E-state index contributed by atoms with van der Waals surface area (Å²) in [6.45, 7) is 3.18. The number of rotatable bonds is 9. The van der Waals surface area contributed by atoms with Gasteiger partial charge >= 0.3 is 5.97 Å². The number of fused-ring (bicyclic) bond motifs is 2. The van der Waals surface area contributed by atoms with E-state index in [2.05, 4.69) is 16.5 Å². The summed E-state index contributed by atoms with van der Waals surface area (Å²) in [5.41, 5.74) is -4.49. The largest absolute Gasteiger partial charge is 0.454 e. The van der Waals surface area contributed by atoms with Crippen molar-refractivity contribution in [2.45, 2.75) is 85.1 Å². The van der Waals surface area contributed by atoms with Gasteiger partial charge in [-0.05, 0) is 56.5 Å². The van der Waals surface area contributed by atoms with E-state index in [1.165, 1.54) is 18.2 Å². The van der Waals surface area contributed by atoms with Crippen molar-refractivity contribution in [2.75, 3.05) is 39.1 Å². The Morgan fingerprint density at radius 2 is 1.76 bits per heavy atom. The van der Waals surface area contributed by atoms with Crippen LogP contribution in [0.5, 0.6) is 0 Å². The van der Waals surface area contributed by atoms with E-state index in [0.717, 1.165) is 0 Å². The molecule has 49 heavy (non-hydrogen) atoms. The summed E-state index contributed by atoms with van der Waals surface area (Å²) < 4.78 is 54.6. The summed E-state index contributed by atoms with van der Waals surface area (Å²) in [6.07, 6.45) is 1.39. The molecule has 1 spiro atoms. The molecule has 7 bridgehead atoms. The van der Waals surface area contributed by atoms with Gasteiger partial charge in [0.15, 0.2) is 0 Å². The molecule has 5 aliphatic carbocycles. The number of benzene rings is 2. The summed E-state index contributed by atoms with van der Waals surface area (Å²) in [5.74, 6) is -1.74. The van der Waals surface area contributed by atoms with Crippen LogP contribution < -0.4 is 4.72 Å².